The van der Waals surface area contributed by atoms with Crippen molar-refractivity contribution in [1.82, 2.24) is 10.2 Å². The first-order valence-electron chi connectivity index (χ1n) is 4.38. The molecule has 0 aromatic carbocycles. The van der Waals surface area contributed by atoms with Gasteiger partial charge in [-0.25, -0.2) is 9.59 Å². The number of aliphatic hydroxyl groups is 1. The largest absolute Gasteiger partial charge is 0.479 e. The van der Waals surface area contributed by atoms with Crippen molar-refractivity contribution in [2.24, 2.45) is 0 Å². The lowest BCUT2D eigenvalue weighted by atomic mass is 10.3. The van der Waals surface area contributed by atoms with Crippen molar-refractivity contribution in [2.75, 3.05) is 20.1 Å². The number of nitrogens with zero attached hydrogens (tertiary/aromatic N) is 1. The maximum absolute atomic E-state index is 11.2. The number of carboxylic acids is 1. The molecule has 0 aliphatic heterocycles. The van der Waals surface area contributed by atoms with Gasteiger partial charge in [-0.3, -0.25) is 0 Å². The lowest BCUT2D eigenvalue weighted by Crippen LogP contribution is -2.43. The van der Waals surface area contributed by atoms with Gasteiger partial charge in [0.25, 0.3) is 0 Å². The van der Waals surface area contributed by atoms with Gasteiger partial charge in [0.15, 0.2) is 6.10 Å². The van der Waals surface area contributed by atoms with Crippen LogP contribution in [0.4, 0.5) is 4.79 Å². The highest BCUT2D eigenvalue weighted by Gasteiger charge is 2.15. The Kier molecular flexibility index (Phi) is 5.62. The van der Waals surface area contributed by atoms with E-state index >= 15 is 0 Å². The Morgan fingerprint density at radius 3 is 2.50 bits per heavy atom. The van der Waals surface area contributed by atoms with Crippen molar-refractivity contribution in [3.63, 3.8) is 0 Å². The molecule has 14 heavy (non-hydrogen) atoms. The fourth-order valence-electron chi connectivity index (χ4n) is 0.843. The molecule has 0 saturated heterocycles. The fourth-order valence-corrected chi connectivity index (χ4v) is 0.843. The zero-order valence-corrected chi connectivity index (χ0v) is 8.36. The molecule has 0 radical (unpaired) electrons. The Hall–Kier alpha value is -1.30. The van der Waals surface area contributed by atoms with Crippen molar-refractivity contribution in [3.05, 3.63) is 0 Å². The number of aliphatic hydroxyl groups excluding tert-OH is 1. The minimum atomic E-state index is -1.55. The number of carbonyl (C=O) groups is 2. The van der Waals surface area contributed by atoms with Crippen molar-refractivity contribution in [2.45, 2.75) is 19.4 Å². The number of hydrogen-bond donors (Lipinski definition) is 3. The van der Waals surface area contributed by atoms with Crippen molar-refractivity contribution in [1.29, 1.82) is 0 Å². The van der Waals surface area contributed by atoms with Crippen LogP contribution in [0.3, 0.4) is 0 Å². The van der Waals surface area contributed by atoms with Crippen LogP contribution in [0.2, 0.25) is 0 Å². The highest BCUT2D eigenvalue weighted by Crippen LogP contribution is 1.88. The maximum Gasteiger partial charge on any atom is 0.334 e. The van der Waals surface area contributed by atoms with E-state index in [9.17, 15) is 9.59 Å². The molecule has 3 N–H and O–H groups in total. The summed E-state index contributed by atoms with van der Waals surface area (Å²) in [7, 11) is 1.60. The first-order chi connectivity index (χ1) is 6.49. The average Bonchev–Trinajstić information content (AvgIpc) is 2.13. The molecular weight excluding hydrogens is 188 g/mol. The summed E-state index contributed by atoms with van der Waals surface area (Å²) in [5.74, 6) is -1.34. The summed E-state index contributed by atoms with van der Waals surface area (Å²) >= 11 is 0. The summed E-state index contributed by atoms with van der Waals surface area (Å²) < 4.78 is 0. The number of urea groups is 1. The quantitative estimate of drug-likeness (QED) is 0.562. The third kappa shape index (κ3) is 4.66. The molecule has 0 aliphatic rings. The average molecular weight is 204 g/mol. The van der Waals surface area contributed by atoms with Crippen LogP contribution in [-0.2, 0) is 4.79 Å². The van der Waals surface area contributed by atoms with Gasteiger partial charge in [-0.2, -0.15) is 0 Å². The van der Waals surface area contributed by atoms with Gasteiger partial charge >= 0.3 is 12.0 Å². The van der Waals surface area contributed by atoms with Crippen molar-refractivity contribution in [3.8, 4) is 0 Å². The van der Waals surface area contributed by atoms with Gasteiger partial charge in [-0.1, -0.05) is 6.92 Å². The minimum Gasteiger partial charge on any atom is -0.479 e. The molecule has 2 amide bonds. The zero-order valence-electron chi connectivity index (χ0n) is 8.36. The molecule has 0 aromatic rings. The van der Waals surface area contributed by atoms with Crippen molar-refractivity contribution >= 4 is 12.0 Å². The van der Waals surface area contributed by atoms with Crippen LogP contribution in [0.15, 0.2) is 0 Å². The summed E-state index contributed by atoms with van der Waals surface area (Å²) in [4.78, 5) is 22.8. The molecule has 0 unspecified atom stereocenters. The van der Waals surface area contributed by atoms with E-state index in [1.807, 2.05) is 6.92 Å². The topological polar surface area (TPSA) is 89.9 Å². The van der Waals surface area contributed by atoms with Gasteiger partial charge in [-0.05, 0) is 6.42 Å². The Labute approximate surface area is 82.5 Å². The van der Waals surface area contributed by atoms with E-state index in [1.54, 1.807) is 7.05 Å². The SMILES string of the molecule is CCCN(C)C(=O)NC[C@H](O)C(=O)O. The minimum absolute atomic E-state index is 0.276. The molecule has 0 spiro atoms. The number of nitrogens with one attached hydrogen (secondary N) is 1. The second-order valence-corrected chi connectivity index (χ2v) is 2.96. The fraction of sp³-hybridized carbons (Fsp3) is 0.750. The lowest BCUT2D eigenvalue weighted by Gasteiger charge is -2.17. The number of carbonyl (C=O) groups excluding carboxylic acids is 1. The lowest BCUT2D eigenvalue weighted by molar-refractivity contribution is -0.146. The second kappa shape index (κ2) is 6.20. The Balaban J connectivity index is 3.78. The monoisotopic (exact) mass is 204 g/mol. The summed E-state index contributed by atoms with van der Waals surface area (Å²) in [6.45, 7) is 2.24. The number of aliphatic carboxylic acids is 1. The van der Waals surface area contributed by atoms with Gasteiger partial charge in [0.05, 0.1) is 6.54 Å². The van der Waals surface area contributed by atoms with E-state index in [0.717, 1.165) is 6.42 Å². The number of amides is 2. The predicted molar refractivity (Wildman–Crippen MR) is 50.0 cm³/mol. The molecular formula is C8H16N2O4. The number of carboxylic acid groups (broad SMARTS) is 1. The highest BCUT2D eigenvalue weighted by molar-refractivity contribution is 5.76. The summed E-state index contributed by atoms with van der Waals surface area (Å²) in [5.41, 5.74) is 0. The molecule has 0 bridgehead atoms. The Bertz CT molecular complexity index is 208. The third-order valence-corrected chi connectivity index (χ3v) is 1.64. The van der Waals surface area contributed by atoms with Crippen LogP contribution < -0.4 is 5.32 Å². The zero-order chi connectivity index (χ0) is 11.1. The van der Waals surface area contributed by atoms with Gasteiger partial charge < -0.3 is 20.4 Å². The van der Waals surface area contributed by atoms with E-state index < -0.39 is 12.1 Å². The van der Waals surface area contributed by atoms with Gasteiger partial charge in [-0.15, -0.1) is 0 Å². The normalized spacial score (nSPS) is 11.9. The first kappa shape index (κ1) is 12.7. The van der Waals surface area contributed by atoms with Crippen LogP contribution in [0.1, 0.15) is 13.3 Å². The smallest absolute Gasteiger partial charge is 0.334 e. The second-order valence-electron chi connectivity index (χ2n) is 2.96. The molecule has 82 valence electrons. The van der Waals surface area contributed by atoms with Gasteiger partial charge in [0.1, 0.15) is 0 Å². The summed E-state index contributed by atoms with van der Waals surface area (Å²) in [6.07, 6.45) is -0.722. The summed E-state index contributed by atoms with van der Waals surface area (Å²) in [6, 6.07) is -0.382. The highest BCUT2D eigenvalue weighted by atomic mass is 16.4. The molecule has 0 heterocycles. The number of rotatable bonds is 5. The van der Waals surface area contributed by atoms with E-state index in [-0.39, 0.29) is 12.6 Å². The molecule has 0 rings (SSSR count). The summed E-state index contributed by atoms with van der Waals surface area (Å²) in [5, 5.41) is 19.5. The van der Waals surface area contributed by atoms with E-state index in [1.165, 1.54) is 4.90 Å². The molecule has 1 atom stereocenters. The first-order valence-corrected chi connectivity index (χ1v) is 4.38. The van der Waals surface area contributed by atoms with Crippen LogP contribution >= 0.6 is 0 Å². The van der Waals surface area contributed by atoms with Gasteiger partial charge in [0, 0.05) is 13.6 Å². The van der Waals surface area contributed by atoms with E-state index in [2.05, 4.69) is 5.32 Å². The predicted octanol–water partition coefficient (Wildman–Crippen LogP) is -0.517. The van der Waals surface area contributed by atoms with E-state index in [0.29, 0.717) is 6.54 Å². The Morgan fingerprint density at radius 1 is 1.50 bits per heavy atom. The molecule has 0 fully saturated rings. The van der Waals surface area contributed by atoms with Gasteiger partial charge in [0.2, 0.25) is 0 Å². The number of hydrogen-bond acceptors (Lipinski definition) is 3. The van der Waals surface area contributed by atoms with Crippen LogP contribution in [-0.4, -0.2) is 53.4 Å². The van der Waals surface area contributed by atoms with Crippen molar-refractivity contribution < 1.29 is 19.8 Å². The molecule has 6 heteroatoms. The molecule has 0 aliphatic carbocycles. The molecule has 0 saturated carbocycles. The molecule has 0 aromatic heterocycles. The van der Waals surface area contributed by atoms with E-state index in [4.69, 9.17) is 10.2 Å². The third-order valence-electron chi connectivity index (χ3n) is 1.64. The molecule has 6 nitrogen and oxygen atoms in total. The standard InChI is InChI=1S/C8H16N2O4/c1-3-4-10(2)8(14)9-5-6(11)7(12)13/h6,11H,3-5H2,1-2H3,(H,9,14)(H,12,13)/t6-/m0/s1. The maximum atomic E-state index is 11.2. The Morgan fingerprint density at radius 2 is 2.07 bits per heavy atom. The van der Waals surface area contributed by atoms with Crippen LogP contribution in [0, 0.1) is 0 Å². The van der Waals surface area contributed by atoms with Crippen LogP contribution in [0.5, 0.6) is 0 Å². The van der Waals surface area contributed by atoms with Crippen LogP contribution in [0.25, 0.3) is 0 Å².